The number of hydrogen-bond acceptors (Lipinski definition) is 7. The predicted molar refractivity (Wildman–Crippen MR) is 84.2 cm³/mol. The van der Waals surface area contributed by atoms with E-state index in [1.165, 1.54) is 43.5 Å². The fourth-order valence-corrected chi connectivity index (χ4v) is 3.09. The van der Waals surface area contributed by atoms with Gasteiger partial charge in [-0.05, 0) is 36.4 Å². The number of hydrogen-bond donors (Lipinski definition) is 0. The highest BCUT2D eigenvalue weighted by molar-refractivity contribution is 7.86. The summed E-state index contributed by atoms with van der Waals surface area (Å²) in [4.78, 5) is 24.1. The van der Waals surface area contributed by atoms with Gasteiger partial charge in [-0.2, -0.15) is 8.42 Å². The molecule has 9 heteroatoms. The average Bonchev–Trinajstić information content (AvgIpc) is 2.85. The van der Waals surface area contributed by atoms with Crippen LogP contribution in [0.5, 0.6) is 5.75 Å². The third kappa shape index (κ3) is 3.25. The van der Waals surface area contributed by atoms with E-state index in [0.717, 1.165) is 0 Å². The fourth-order valence-electron chi connectivity index (χ4n) is 2.21. The van der Waals surface area contributed by atoms with Gasteiger partial charge in [0.1, 0.15) is 5.75 Å². The zero-order valence-corrected chi connectivity index (χ0v) is 13.9. The van der Waals surface area contributed by atoms with Gasteiger partial charge in [0.05, 0.1) is 16.0 Å². The highest BCUT2D eigenvalue weighted by Gasteiger charge is 2.39. The van der Waals surface area contributed by atoms with Crippen LogP contribution in [-0.2, 0) is 19.1 Å². The van der Waals surface area contributed by atoms with E-state index in [4.69, 9.17) is 13.8 Å². The number of carbonyl (C=O) groups excluding carboxylic acids is 2. The largest absolute Gasteiger partial charge is 0.468 e. The van der Waals surface area contributed by atoms with Crippen LogP contribution in [0, 0.1) is 0 Å². The lowest BCUT2D eigenvalue weighted by Gasteiger charge is -2.13. The van der Waals surface area contributed by atoms with Crippen molar-refractivity contribution in [3.8, 4) is 5.75 Å². The van der Waals surface area contributed by atoms with Gasteiger partial charge in [0.25, 0.3) is 11.8 Å². The number of fused-ring (bicyclic) bond motifs is 1. The summed E-state index contributed by atoms with van der Waals surface area (Å²) in [5.74, 6) is -1.27. The Morgan fingerprint density at radius 1 is 0.920 bits per heavy atom. The van der Waals surface area contributed by atoms with E-state index in [1.54, 1.807) is 12.1 Å². The second-order valence-electron chi connectivity index (χ2n) is 5.00. The van der Waals surface area contributed by atoms with Gasteiger partial charge in [0.15, 0.2) is 6.79 Å². The molecular weight excluding hydrogens is 350 g/mol. The van der Waals surface area contributed by atoms with E-state index in [1.807, 2.05) is 0 Å². The molecule has 8 nitrogen and oxygen atoms in total. The summed E-state index contributed by atoms with van der Waals surface area (Å²) in [5.41, 5.74) is 0.178. The summed E-state index contributed by atoms with van der Waals surface area (Å²) >= 11 is 0. The van der Waals surface area contributed by atoms with E-state index in [2.05, 4.69) is 0 Å². The van der Waals surface area contributed by atoms with Gasteiger partial charge in [-0.25, -0.2) is 0 Å². The van der Waals surface area contributed by atoms with Gasteiger partial charge < -0.3 is 9.47 Å². The van der Waals surface area contributed by atoms with Gasteiger partial charge in [-0.3, -0.25) is 9.59 Å². The second-order valence-corrected chi connectivity index (χ2v) is 6.53. The van der Waals surface area contributed by atoms with Gasteiger partial charge in [-0.15, -0.1) is 9.35 Å². The summed E-state index contributed by atoms with van der Waals surface area (Å²) < 4.78 is 39.3. The van der Waals surface area contributed by atoms with Gasteiger partial charge in [0, 0.05) is 7.11 Å². The summed E-state index contributed by atoms with van der Waals surface area (Å²) in [7, 11) is -2.91. The lowest BCUT2D eigenvalue weighted by molar-refractivity contribution is -0.0104. The first-order chi connectivity index (χ1) is 11.9. The Morgan fingerprint density at radius 2 is 1.48 bits per heavy atom. The smallest absolute Gasteiger partial charge is 0.318 e. The number of rotatable bonds is 6. The average molecular weight is 363 g/mol. The number of imide groups is 1. The number of benzene rings is 2. The highest BCUT2D eigenvalue weighted by Crippen LogP contribution is 2.26. The molecule has 25 heavy (non-hydrogen) atoms. The van der Waals surface area contributed by atoms with Crippen molar-refractivity contribution in [2.75, 3.05) is 13.9 Å². The molecule has 3 rings (SSSR count). The lowest BCUT2D eigenvalue weighted by atomic mass is 10.1. The summed E-state index contributed by atoms with van der Waals surface area (Å²) in [6, 6.07) is 11.3. The molecular formula is C16H13NO7S. The van der Waals surface area contributed by atoms with Crippen molar-refractivity contribution in [1.29, 1.82) is 0 Å². The molecule has 0 fully saturated rings. The Hall–Kier alpha value is -2.75. The van der Waals surface area contributed by atoms with Crippen LogP contribution in [0.15, 0.2) is 53.4 Å². The molecule has 1 aliphatic heterocycles. The summed E-state index contributed by atoms with van der Waals surface area (Å²) in [6.07, 6.45) is 0. The molecule has 0 N–H and O–H groups in total. The molecule has 0 saturated carbocycles. The molecule has 0 bridgehead atoms. The molecule has 0 saturated heterocycles. The van der Waals surface area contributed by atoms with E-state index < -0.39 is 21.9 Å². The maximum Gasteiger partial charge on any atom is 0.318 e. The van der Waals surface area contributed by atoms with Crippen LogP contribution in [0.1, 0.15) is 20.7 Å². The molecule has 1 aliphatic rings. The summed E-state index contributed by atoms with van der Waals surface area (Å²) in [6.45, 7) is 0.0115. The fraction of sp³-hybridized carbons (Fsp3) is 0.125. The van der Waals surface area contributed by atoms with Crippen LogP contribution in [0.4, 0.5) is 0 Å². The number of methoxy groups -OCH3 is 1. The molecule has 1 heterocycles. The van der Waals surface area contributed by atoms with Crippen molar-refractivity contribution in [3.05, 3.63) is 59.7 Å². The van der Waals surface area contributed by atoms with Crippen molar-refractivity contribution in [2.45, 2.75) is 4.90 Å². The van der Waals surface area contributed by atoms with Crippen LogP contribution in [0.3, 0.4) is 0 Å². The first-order valence-corrected chi connectivity index (χ1v) is 8.49. The van der Waals surface area contributed by atoms with E-state index in [-0.39, 0.29) is 27.9 Å². The molecule has 2 aromatic carbocycles. The SMILES string of the molecule is COCOc1ccc(S(=O)(=O)ON2C(=O)c3ccccc3C2=O)cc1. The van der Waals surface area contributed by atoms with Crippen LogP contribution in [0.25, 0.3) is 0 Å². The number of nitrogens with zero attached hydrogens (tertiary/aromatic N) is 1. The van der Waals surface area contributed by atoms with Gasteiger partial charge in [-0.1, -0.05) is 12.1 Å². The lowest BCUT2D eigenvalue weighted by Crippen LogP contribution is -2.32. The quantitative estimate of drug-likeness (QED) is 0.567. The van der Waals surface area contributed by atoms with Crippen LogP contribution in [-0.4, -0.2) is 39.2 Å². The zero-order chi connectivity index (χ0) is 18.0. The Kier molecular flexibility index (Phi) is 4.53. The molecule has 0 aliphatic carbocycles. The maximum atomic E-state index is 12.3. The van der Waals surface area contributed by atoms with Crippen molar-refractivity contribution in [1.82, 2.24) is 5.06 Å². The number of carbonyl (C=O) groups is 2. The molecule has 0 atom stereocenters. The number of ether oxygens (including phenoxy) is 2. The third-order valence-electron chi connectivity index (χ3n) is 3.39. The summed E-state index contributed by atoms with van der Waals surface area (Å²) in [5, 5.41) is 0.245. The molecule has 0 radical (unpaired) electrons. The topological polar surface area (TPSA) is 99.2 Å². The van der Waals surface area contributed by atoms with Crippen LogP contribution >= 0.6 is 0 Å². The monoisotopic (exact) mass is 363 g/mol. The third-order valence-corrected chi connectivity index (χ3v) is 4.58. The Morgan fingerprint density at radius 3 is 2.00 bits per heavy atom. The highest BCUT2D eigenvalue weighted by atomic mass is 32.2. The first kappa shape index (κ1) is 17.1. The Bertz CT molecular complexity index is 887. The van der Waals surface area contributed by atoms with E-state index in [0.29, 0.717) is 5.75 Å². The van der Waals surface area contributed by atoms with Gasteiger partial charge >= 0.3 is 10.1 Å². The molecule has 0 spiro atoms. The van der Waals surface area contributed by atoms with E-state index in [9.17, 15) is 18.0 Å². The minimum atomic E-state index is -4.37. The van der Waals surface area contributed by atoms with Gasteiger partial charge in [0.2, 0.25) is 0 Å². The Labute approximate surface area is 143 Å². The number of hydroxylamine groups is 2. The van der Waals surface area contributed by atoms with Crippen molar-refractivity contribution in [3.63, 3.8) is 0 Å². The maximum absolute atomic E-state index is 12.3. The zero-order valence-electron chi connectivity index (χ0n) is 13.0. The normalized spacial score (nSPS) is 13.9. The molecule has 2 aromatic rings. The second kappa shape index (κ2) is 6.63. The van der Waals surface area contributed by atoms with Crippen molar-refractivity contribution < 1.29 is 31.8 Å². The standard InChI is InChI=1S/C16H13NO7S/c1-22-10-23-11-6-8-12(9-7-11)25(20,21)24-17-15(18)13-4-2-3-5-14(13)16(17)19/h2-9H,10H2,1H3. The minimum Gasteiger partial charge on any atom is -0.468 e. The van der Waals surface area contributed by atoms with Crippen molar-refractivity contribution >= 4 is 21.9 Å². The number of amides is 2. The molecule has 2 amide bonds. The molecule has 130 valence electrons. The van der Waals surface area contributed by atoms with Crippen LogP contribution in [0.2, 0.25) is 0 Å². The Balaban J connectivity index is 1.81. The molecule has 0 aromatic heterocycles. The minimum absolute atomic E-state index is 0.0115. The van der Waals surface area contributed by atoms with E-state index >= 15 is 0 Å². The predicted octanol–water partition coefficient (Wildman–Crippen LogP) is 1.59. The molecule has 0 unspecified atom stereocenters. The first-order valence-electron chi connectivity index (χ1n) is 7.08. The van der Waals surface area contributed by atoms with Crippen molar-refractivity contribution in [2.24, 2.45) is 0 Å². The van der Waals surface area contributed by atoms with Crippen LogP contribution < -0.4 is 4.74 Å².